The summed E-state index contributed by atoms with van der Waals surface area (Å²) in [5.74, 6) is 1.72. The van der Waals surface area contributed by atoms with Crippen molar-refractivity contribution in [2.75, 3.05) is 5.32 Å². The Morgan fingerprint density at radius 1 is 1.09 bits per heavy atom. The molecule has 6 aromatic rings. The summed E-state index contributed by atoms with van der Waals surface area (Å²) in [6.07, 6.45) is 6.66. The highest BCUT2D eigenvalue weighted by Crippen LogP contribution is 2.30. The molecule has 0 amide bonds. The molecule has 0 saturated heterocycles. The number of thiazole rings is 1. The maximum absolute atomic E-state index is 14.0. The second-order valence-electron chi connectivity index (χ2n) is 8.08. The van der Waals surface area contributed by atoms with Gasteiger partial charge >= 0.3 is 0 Å². The van der Waals surface area contributed by atoms with Crippen molar-refractivity contribution in [2.45, 2.75) is 19.9 Å². The largest absolute Gasteiger partial charge is 0.363 e. The highest BCUT2D eigenvalue weighted by molar-refractivity contribution is 7.16. The van der Waals surface area contributed by atoms with Crippen LogP contribution in [0.5, 0.6) is 0 Å². The van der Waals surface area contributed by atoms with Crippen molar-refractivity contribution in [3.05, 3.63) is 88.6 Å². The first kappa shape index (κ1) is 21.1. The maximum Gasteiger partial charge on any atom is 0.265 e. The lowest BCUT2D eigenvalue weighted by Crippen LogP contribution is -2.26. The molecule has 0 bridgehead atoms. The van der Waals surface area contributed by atoms with Crippen molar-refractivity contribution >= 4 is 38.1 Å². The molecule has 5 aromatic heterocycles. The van der Waals surface area contributed by atoms with Gasteiger partial charge in [0, 0.05) is 30.2 Å². The summed E-state index contributed by atoms with van der Waals surface area (Å²) in [4.78, 5) is 31.6. The van der Waals surface area contributed by atoms with E-state index >= 15 is 0 Å². The standard InChI is InChI=1S/C25H19N7O2S/c1-14(30-24-23-20(6-8-26-24)35-13-29-23)19-10-16-4-3-5-18(17-11-27-15(2)28-12-17)22(16)25(33)32(19)21-7-9-34-31-21/h3-14H,1-2H3,(H,26,30)/t14-/m0/s1. The lowest BCUT2D eigenvalue weighted by Gasteiger charge is -2.20. The van der Waals surface area contributed by atoms with Crippen LogP contribution in [0.3, 0.4) is 0 Å². The van der Waals surface area contributed by atoms with E-state index < -0.39 is 0 Å². The molecule has 1 N–H and O–H groups in total. The van der Waals surface area contributed by atoms with Gasteiger partial charge in [0.15, 0.2) is 11.6 Å². The Morgan fingerprint density at radius 2 is 1.94 bits per heavy atom. The van der Waals surface area contributed by atoms with Gasteiger partial charge in [0.1, 0.15) is 17.6 Å². The zero-order valence-corrected chi connectivity index (χ0v) is 19.7. The van der Waals surface area contributed by atoms with Crippen LogP contribution < -0.4 is 10.9 Å². The molecule has 1 aromatic carbocycles. The number of hydrogen-bond donors (Lipinski definition) is 1. The Morgan fingerprint density at radius 3 is 2.74 bits per heavy atom. The Hall–Kier alpha value is -4.44. The Kier molecular flexibility index (Phi) is 5.07. The number of aryl methyl sites for hydroxylation is 1. The minimum Gasteiger partial charge on any atom is -0.363 e. The molecule has 0 fully saturated rings. The number of nitrogens with one attached hydrogen (secondary N) is 1. The van der Waals surface area contributed by atoms with Crippen molar-refractivity contribution in [1.82, 2.24) is 29.7 Å². The number of anilines is 1. The van der Waals surface area contributed by atoms with Crippen molar-refractivity contribution in [3.8, 4) is 16.9 Å². The summed E-state index contributed by atoms with van der Waals surface area (Å²) < 4.78 is 7.70. The van der Waals surface area contributed by atoms with Gasteiger partial charge in [0.05, 0.1) is 27.3 Å². The van der Waals surface area contributed by atoms with Crippen LogP contribution in [0.15, 0.2) is 76.1 Å². The Bertz CT molecular complexity index is 1720. The van der Waals surface area contributed by atoms with E-state index in [1.54, 1.807) is 46.1 Å². The predicted molar refractivity (Wildman–Crippen MR) is 135 cm³/mol. The third kappa shape index (κ3) is 3.64. The third-order valence-corrected chi connectivity index (χ3v) is 6.66. The summed E-state index contributed by atoms with van der Waals surface area (Å²) in [7, 11) is 0. The molecule has 9 nitrogen and oxygen atoms in total. The van der Waals surface area contributed by atoms with Gasteiger partial charge in [-0.05, 0) is 36.9 Å². The SMILES string of the molecule is Cc1ncc(-c2cccc3cc([C@H](C)Nc4nccc5scnc45)n(-c4ccon4)c(=O)c23)cn1. The highest BCUT2D eigenvalue weighted by atomic mass is 32.1. The second-order valence-corrected chi connectivity index (χ2v) is 8.97. The third-order valence-electron chi connectivity index (χ3n) is 5.87. The van der Waals surface area contributed by atoms with Gasteiger partial charge in [-0.25, -0.2) is 19.9 Å². The van der Waals surface area contributed by atoms with E-state index in [9.17, 15) is 4.79 Å². The van der Waals surface area contributed by atoms with E-state index in [-0.39, 0.29) is 11.6 Å². The fourth-order valence-electron chi connectivity index (χ4n) is 4.21. The van der Waals surface area contributed by atoms with E-state index in [0.717, 1.165) is 26.7 Å². The van der Waals surface area contributed by atoms with Gasteiger partial charge < -0.3 is 9.84 Å². The average Bonchev–Trinajstić information content (AvgIpc) is 3.57. The van der Waals surface area contributed by atoms with Crippen LogP contribution in [0, 0.1) is 6.92 Å². The zero-order valence-electron chi connectivity index (χ0n) is 18.8. The van der Waals surface area contributed by atoms with Gasteiger partial charge in [-0.1, -0.05) is 23.4 Å². The first-order valence-corrected chi connectivity index (χ1v) is 11.8. The molecule has 172 valence electrons. The number of hydrogen-bond acceptors (Lipinski definition) is 9. The van der Waals surface area contributed by atoms with E-state index in [4.69, 9.17) is 4.52 Å². The molecule has 0 radical (unpaired) electrons. The first-order chi connectivity index (χ1) is 17.1. The van der Waals surface area contributed by atoms with E-state index in [0.29, 0.717) is 28.5 Å². The molecule has 0 unspecified atom stereocenters. The van der Waals surface area contributed by atoms with Gasteiger partial charge in [-0.15, -0.1) is 11.3 Å². The van der Waals surface area contributed by atoms with Crippen LogP contribution in [-0.2, 0) is 0 Å². The normalized spacial score (nSPS) is 12.3. The molecule has 1 atom stereocenters. The number of nitrogens with zero attached hydrogens (tertiary/aromatic N) is 6. The number of fused-ring (bicyclic) bond motifs is 2. The Balaban J connectivity index is 1.55. The minimum absolute atomic E-state index is 0.212. The van der Waals surface area contributed by atoms with Crippen LogP contribution in [0.2, 0.25) is 0 Å². The summed E-state index contributed by atoms with van der Waals surface area (Å²) in [5.41, 5.74) is 4.61. The molecular weight excluding hydrogens is 462 g/mol. The molecule has 5 heterocycles. The molecule has 0 aliphatic heterocycles. The van der Waals surface area contributed by atoms with Gasteiger partial charge in [0.25, 0.3) is 5.56 Å². The molecular formula is C25H19N7O2S. The summed E-state index contributed by atoms with van der Waals surface area (Å²) >= 11 is 1.55. The second kappa shape index (κ2) is 8.41. The quantitative estimate of drug-likeness (QED) is 0.369. The van der Waals surface area contributed by atoms with Crippen LogP contribution in [0.4, 0.5) is 5.82 Å². The van der Waals surface area contributed by atoms with Crippen LogP contribution >= 0.6 is 11.3 Å². The van der Waals surface area contributed by atoms with Crippen LogP contribution in [0.1, 0.15) is 24.5 Å². The smallest absolute Gasteiger partial charge is 0.265 e. The maximum atomic E-state index is 14.0. The highest BCUT2D eigenvalue weighted by Gasteiger charge is 2.21. The van der Waals surface area contributed by atoms with Crippen molar-refractivity contribution in [2.24, 2.45) is 0 Å². The van der Waals surface area contributed by atoms with Gasteiger partial charge in [-0.3, -0.25) is 9.36 Å². The fourth-order valence-corrected chi connectivity index (χ4v) is 4.88. The Labute approximate surface area is 203 Å². The lowest BCUT2D eigenvalue weighted by molar-refractivity contribution is 0.415. The number of pyridine rings is 2. The summed E-state index contributed by atoms with van der Waals surface area (Å²) in [5, 5.41) is 8.85. The van der Waals surface area contributed by atoms with Crippen molar-refractivity contribution < 1.29 is 4.52 Å². The number of aromatic nitrogens is 6. The summed E-state index contributed by atoms with van der Waals surface area (Å²) in [6.45, 7) is 3.80. The van der Waals surface area contributed by atoms with Crippen LogP contribution in [-0.4, -0.2) is 29.7 Å². The molecule has 35 heavy (non-hydrogen) atoms. The van der Waals surface area contributed by atoms with Crippen molar-refractivity contribution in [3.63, 3.8) is 0 Å². The zero-order chi connectivity index (χ0) is 23.9. The molecule has 0 saturated carbocycles. The molecule has 0 aliphatic rings. The number of rotatable bonds is 5. The van der Waals surface area contributed by atoms with Crippen LogP contribution in [0.25, 0.3) is 37.9 Å². The topological polar surface area (TPSA) is 112 Å². The summed E-state index contributed by atoms with van der Waals surface area (Å²) in [6, 6.07) is 11.0. The monoisotopic (exact) mass is 481 g/mol. The molecule has 6 rings (SSSR count). The predicted octanol–water partition coefficient (Wildman–Crippen LogP) is 4.92. The molecule has 0 aliphatic carbocycles. The molecule has 0 spiro atoms. The number of benzene rings is 1. The van der Waals surface area contributed by atoms with Gasteiger partial charge in [0.2, 0.25) is 0 Å². The fraction of sp³-hybridized carbons (Fsp3) is 0.120. The lowest BCUT2D eigenvalue weighted by atomic mass is 9.99. The van der Waals surface area contributed by atoms with E-state index in [1.807, 2.05) is 44.2 Å². The minimum atomic E-state index is -0.296. The molecule has 10 heteroatoms. The van der Waals surface area contributed by atoms with Crippen molar-refractivity contribution in [1.29, 1.82) is 0 Å². The van der Waals surface area contributed by atoms with E-state index in [2.05, 4.69) is 30.4 Å². The first-order valence-electron chi connectivity index (χ1n) is 10.9. The van der Waals surface area contributed by atoms with E-state index in [1.165, 1.54) is 6.26 Å². The van der Waals surface area contributed by atoms with Gasteiger partial charge in [-0.2, -0.15) is 0 Å². The average molecular weight is 482 g/mol.